The lowest BCUT2D eigenvalue weighted by molar-refractivity contribution is -0.120. The molecule has 22 heavy (non-hydrogen) atoms. The van der Waals surface area contributed by atoms with Crippen LogP contribution in [0.4, 0.5) is 0 Å². The predicted molar refractivity (Wildman–Crippen MR) is 84.0 cm³/mol. The number of hydrogen-bond acceptors (Lipinski definition) is 5. The minimum Gasteiger partial charge on any atom is -0.360 e. The van der Waals surface area contributed by atoms with E-state index in [0.29, 0.717) is 12.1 Å². The summed E-state index contributed by atoms with van der Waals surface area (Å²) in [5.74, 6) is 0.491. The first-order chi connectivity index (χ1) is 10.1. The molecule has 0 aliphatic rings. The molecule has 0 fully saturated rings. The zero-order chi connectivity index (χ0) is 17.1. The molecule has 0 aliphatic heterocycles. The van der Waals surface area contributed by atoms with Crippen LogP contribution in [0.5, 0.6) is 0 Å². The van der Waals surface area contributed by atoms with E-state index in [1.165, 1.54) is 4.31 Å². The van der Waals surface area contributed by atoms with Gasteiger partial charge < -0.3 is 4.52 Å². The average Bonchev–Trinajstić information content (AvgIpc) is 2.66. The molecule has 0 radical (unpaired) electrons. The number of hydrogen-bond donors (Lipinski definition) is 0. The van der Waals surface area contributed by atoms with E-state index < -0.39 is 10.0 Å². The summed E-state index contributed by atoms with van der Waals surface area (Å²) in [6, 6.07) is 0. The minimum absolute atomic E-state index is 0.0745. The molecule has 0 N–H and O–H groups in total. The van der Waals surface area contributed by atoms with Gasteiger partial charge in [-0.05, 0) is 25.7 Å². The molecule has 1 rings (SSSR count). The molecule has 1 heterocycles. The van der Waals surface area contributed by atoms with Gasteiger partial charge in [-0.1, -0.05) is 32.9 Å². The molecule has 0 atom stereocenters. The van der Waals surface area contributed by atoms with Crippen molar-refractivity contribution < 1.29 is 17.7 Å². The van der Waals surface area contributed by atoms with Crippen molar-refractivity contribution in [3.8, 4) is 0 Å². The second-order valence-corrected chi connectivity index (χ2v) is 8.36. The van der Waals surface area contributed by atoms with Gasteiger partial charge in [0.15, 0.2) is 5.76 Å². The summed E-state index contributed by atoms with van der Waals surface area (Å²) >= 11 is 0. The Morgan fingerprint density at radius 1 is 1.18 bits per heavy atom. The summed E-state index contributed by atoms with van der Waals surface area (Å²) in [5.41, 5.74) is 0.322. The Hall–Kier alpha value is -1.21. The molecule has 1 aromatic heterocycles. The summed E-state index contributed by atoms with van der Waals surface area (Å²) in [5, 5.41) is 3.71. The molecule has 0 saturated carbocycles. The molecule has 0 aliphatic carbocycles. The Labute approximate surface area is 132 Å². The summed E-state index contributed by atoms with van der Waals surface area (Å²) in [6.07, 6.45) is 0.367. The molecule has 126 valence electrons. The summed E-state index contributed by atoms with van der Waals surface area (Å²) in [7, 11) is -3.79. The normalized spacial score (nSPS) is 12.6. The molecule has 0 saturated heterocycles. The Kier molecular flexibility index (Phi) is 6.31. The standard InChI is InChI=1S/C15H26N2O4S/c1-10(2)7-14(18)9-17(8-11(3)4)22(19,20)15-12(5)16-21-13(15)6/h10-11H,7-9H2,1-6H3. The number of Topliss-reactive ketones (excluding diaryl/α,β-unsaturated/α-hetero) is 1. The number of nitrogens with zero attached hydrogens (tertiary/aromatic N) is 2. The van der Waals surface area contributed by atoms with Gasteiger partial charge in [-0.2, -0.15) is 4.31 Å². The Morgan fingerprint density at radius 2 is 1.77 bits per heavy atom. The van der Waals surface area contributed by atoms with E-state index in [9.17, 15) is 13.2 Å². The summed E-state index contributed by atoms with van der Waals surface area (Å²) in [6.45, 7) is 11.1. The third-order valence-electron chi connectivity index (χ3n) is 3.12. The van der Waals surface area contributed by atoms with Crippen LogP contribution in [0.1, 0.15) is 45.6 Å². The van der Waals surface area contributed by atoms with Crippen LogP contribution in [0.2, 0.25) is 0 Å². The topological polar surface area (TPSA) is 80.5 Å². The van der Waals surface area contributed by atoms with Crippen molar-refractivity contribution in [1.29, 1.82) is 0 Å². The van der Waals surface area contributed by atoms with Crippen LogP contribution in [-0.4, -0.2) is 36.8 Å². The van der Waals surface area contributed by atoms with Crippen LogP contribution >= 0.6 is 0 Å². The highest BCUT2D eigenvalue weighted by atomic mass is 32.2. The molecular formula is C15H26N2O4S. The molecule has 0 aromatic carbocycles. The number of aromatic nitrogens is 1. The van der Waals surface area contributed by atoms with Crippen LogP contribution in [0.3, 0.4) is 0 Å². The van der Waals surface area contributed by atoms with Gasteiger partial charge in [-0.15, -0.1) is 0 Å². The van der Waals surface area contributed by atoms with Crippen LogP contribution in [0.15, 0.2) is 9.42 Å². The van der Waals surface area contributed by atoms with Gasteiger partial charge in [0.2, 0.25) is 10.0 Å². The molecular weight excluding hydrogens is 304 g/mol. The van der Waals surface area contributed by atoms with E-state index in [2.05, 4.69) is 5.16 Å². The Balaban J connectivity index is 3.13. The van der Waals surface area contributed by atoms with Gasteiger partial charge in [0.05, 0.1) is 6.54 Å². The summed E-state index contributed by atoms with van der Waals surface area (Å²) < 4.78 is 31.9. The molecule has 0 amide bonds. The van der Waals surface area contributed by atoms with E-state index in [4.69, 9.17) is 4.52 Å². The Morgan fingerprint density at radius 3 is 2.18 bits per heavy atom. The van der Waals surface area contributed by atoms with Crippen molar-refractivity contribution in [3.63, 3.8) is 0 Å². The first kappa shape index (κ1) is 18.8. The van der Waals surface area contributed by atoms with Crippen molar-refractivity contribution in [2.24, 2.45) is 11.8 Å². The maximum Gasteiger partial charge on any atom is 0.248 e. The zero-order valence-corrected chi connectivity index (χ0v) is 15.0. The maximum absolute atomic E-state index is 12.9. The highest BCUT2D eigenvalue weighted by Gasteiger charge is 2.32. The quantitative estimate of drug-likeness (QED) is 0.732. The SMILES string of the molecule is Cc1noc(C)c1S(=O)(=O)N(CC(=O)CC(C)C)CC(C)C. The molecule has 0 bridgehead atoms. The fraction of sp³-hybridized carbons (Fsp3) is 0.733. The van der Waals surface area contributed by atoms with Crippen molar-refractivity contribution in [2.45, 2.75) is 52.9 Å². The van der Waals surface area contributed by atoms with Gasteiger partial charge in [0.25, 0.3) is 0 Å². The number of carbonyl (C=O) groups is 1. The van der Waals surface area contributed by atoms with Crippen molar-refractivity contribution >= 4 is 15.8 Å². The number of carbonyl (C=O) groups excluding carboxylic acids is 1. The van der Waals surface area contributed by atoms with Crippen LogP contribution in [0, 0.1) is 25.7 Å². The van der Waals surface area contributed by atoms with Gasteiger partial charge in [-0.25, -0.2) is 8.42 Å². The van der Waals surface area contributed by atoms with Gasteiger partial charge in [-0.3, -0.25) is 4.79 Å². The lowest BCUT2D eigenvalue weighted by Crippen LogP contribution is -2.38. The highest BCUT2D eigenvalue weighted by molar-refractivity contribution is 7.89. The smallest absolute Gasteiger partial charge is 0.248 e. The molecule has 1 aromatic rings. The van der Waals surface area contributed by atoms with E-state index in [1.54, 1.807) is 13.8 Å². The highest BCUT2D eigenvalue weighted by Crippen LogP contribution is 2.24. The van der Waals surface area contributed by atoms with E-state index in [0.717, 1.165) is 0 Å². The molecule has 0 spiro atoms. The predicted octanol–water partition coefficient (Wildman–Crippen LogP) is 2.55. The molecule has 7 heteroatoms. The third-order valence-corrected chi connectivity index (χ3v) is 5.18. The molecule has 6 nitrogen and oxygen atoms in total. The lowest BCUT2D eigenvalue weighted by Gasteiger charge is -2.23. The number of aryl methyl sites for hydroxylation is 2. The molecule has 0 unspecified atom stereocenters. The fourth-order valence-electron chi connectivity index (χ4n) is 2.34. The monoisotopic (exact) mass is 330 g/mol. The van der Waals surface area contributed by atoms with Crippen molar-refractivity contribution in [2.75, 3.05) is 13.1 Å². The van der Waals surface area contributed by atoms with E-state index in [1.807, 2.05) is 27.7 Å². The van der Waals surface area contributed by atoms with Gasteiger partial charge >= 0.3 is 0 Å². The van der Waals surface area contributed by atoms with Crippen LogP contribution in [0.25, 0.3) is 0 Å². The number of sulfonamides is 1. The van der Waals surface area contributed by atoms with Gasteiger partial charge in [0.1, 0.15) is 16.4 Å². The van der Waals surface area contributed by atoms with Crippen molar-refractivity contribution in [1.82, 2.24) is 9.46 Å². The van der Waals surface area contributed by atoms with Crippen molar-refractivity contribution in [3.05, 3.63) is 11.5 Å². The maximum atomic E-state index is 12.9. The third kappa shape index (κ3) is 4.64. The second kappa shape index (κ2) is 7.37. The largest absolute Gasteiger partial charge is 0.360 e. The first-order valence-electron chi connectivity index (χ1n) is 7.50. The van der Waals surface area contributed by atoms with Crippen LogP contribution < -0.4 is 0 Å². The number of ketones is 1. The van der Waals surface area contributed by atoms with Gasteiger partial charge in [0, 0.05) is 13.0 Å². The fourth-order valence-corrected chi connectivity index (χ4v) is 4.22. The Bertz CT molecular complexity index is 598. The van der Waals surface area contributed by atoms with E-state index >= 15 is 0 Å². The zero-order valence-electron chi connectivity index (χ0n) is 14.2. The first-order valence-corrected chi connectivity index (χ1v) is 8.94. The minimum atomic E-state index is -3.79. The van der Waals surface area contributed by atoms with Crippen LogP contribution in [-0.2, 0) is 14.8 Å². The van der Waals surface area contributed by atoms with E-state index in [-0.39, 0.29) is 41.4 Å². The number of rotatable bonds is 8. The average molecular weight is 330 g/mol. The second-order valence-electron chi connectivity index (χ2n) is 6.48. The lowest BCUT2D eigenvalue weighted by atomic mass is 10.1. The summed E-state index contributed by atoms with van der Waals surface area (Å²) in [4.78, 5) is 12.2.